The first-order valence-electron chi connectivity index (χ1n) is 10.2. The zero-order valence-corrected chi connectivity index (χ0v) is 17.3. The van der Waals surface area contributed by atoms with Crippen molar-refractivity contribution in [1.29, 1.82) is 0 Å². The lowest BCUT2D eigenvalue weighted by Crippen LogP contribution is -2.45. The van der Waals surface area contributed by atoms with Crippen molar-refractivity contribution in [2.45, 2.75) is 59.1 Å². The Hall–Kier alpha value is -2.41. The molecule has 0 bridgehead atoms. The summed E-state index contributed by atoms with van der Waals surface area (Å²) in [6.45, 7) is 9.46. The Morgan fingerprint density at radius 1 is 1.29 bits per heavy atom. The Kier molecular flexibility index (Phi) is 6.34. The standard InChI is InChI=1S/C21H31N5O2/c1-5-19-20(21(27)25-12-6-7-16(13-25)15(4)22)23-24-26(19)17-8-10-18(11-9-17)28-14(2)3/h8-11,14-16H,5-7,12-13,22H2,1-4H3. The van der Waals surface area contributed by atoms with Gasteiger partial charge >= 0.3 is 0 Å². The number of amides is 1. The molecule has 1 saturated heterocycles. The third-order valence-electron chi connectivity index (χ3n) is 5.24. The number of benzene rings is 1. The van der Waals surface area contributed by atoms with E-state index < -0.39 is 0 Å². The Morgan fingerprint density at radius 3 is 2.61 bits per heavy atom. The number of hydrogen-bond donors (Lipinski definition) is 1. The highest BCUT2D eigenvalue weighted by molar-refractivity contribution is 5.93. The van der Waals surface area contributed by atoms with Crippen molar-refractivity contribution >= 4 is 5.91 Å². The largest absolute Gasteiger partial charge is 0.491 e. The maximum Gasteiger partial charge on any atom is 0.276 e. The molecule has 2 aromatic rings. The number of hydrogen-bond acceptors (Lipinski definition) is 5. The summed E-state index contributed by atoms with van der Waals surface area (Å²) in [6.07, 6.45) is 2.84. The number of nitrogens with two attached hydrogens (primary N) is 1. The fourth-order valence-corrected chi connectivity index (χ4v) is 3.70. The zero-order chi connectivity index (χ0) is 20.3. The lowest BCUT2D eigenvalue weighted by Gasteiger charge is -2.34. The van der Waals surface area contributed by atoms with Gasteiger partial charge in [0, 0.05) is 19.1 Å². The van der Waals surface area contributed by atoms with Crippen LogP contribution in [0.3, 0.4) is 0 Å². The molecule has 3 rings (SSSR count). The molecule has 2 atom stereocenters. The first-order chi connectivity index (χ1) is 13.4. The van der Waals surface area contributed by atoms with E-state index in [-0.39, 0.29) is 18.1 Å². The molecule has 1 fully saturated rings. The van der Waals surface area contributed by atoms with Crippen LogP contribution >= 0.6 is 0 Å². The summed E-state index contributed by atoms with van der Waals surface area (Å²) in [6, 6.07) is 7.79. The van der Waals surface area contributed by atoms with E-state index in [1.54, 1.807) is 4.68 Å². The van der Waals surface area contributed by atoms with Crippen LogP contribution in [-0.4, -0.2) is 51.0 Å². The van der Waals surface area contributed by atoms with Gasteiger partial charge in [0.05, 0.1) is 17.5 Å². The van der Waals surface area contributed by atoms with Gasteiger partial charge < -0.3 is 15.4 Å². The van der Waals surface area contributed by atoms with Crippen LogP contribution in [0, 0.1) is 5.92 Å². The highest BCUT2D eigenvalue weighted by Crippen LogP contribution is 2.23. The first-order valence-corrected chi connectivity index (χ1v) is 10.2. The quantitative estimate of drug-likeness (QED) is 0.826. The Balaban J connectivity index is 1.82. The Labute approximate surface area is 166 Å². The molecule has 28 heavy (non-hydrogen) atoms. The van der Waals surface area contributed by atoms with Gasteiger partial charge in [-0.3, -0.25) is 4.79 Å². The van der Waals surface area contributed by atoms with E-state index in [1.807, 2.05) is 56.9 Å². The molecule has 2 heterocycles. The van der Waals surface area contributed by atoms with E-state index in [2.05, 4.69) is 10.3 Å². The van der Waals surface area contributed by atoms with E-state index >= 15 is 0 Å². The predicted molar refractivity (Wildman–Crippen MR) is 109 cm³/mol. The van der Waals surface area contributed by atoms with Crippen molar-refractivity contribution in [2.24, 2.45) is 11.7 Å². The van der Waals surface area contributed by atoms with Gasteiger partial charge in [-0.15, -0.1) is 5.10 Å². The lowest BCUT2D eigenvalue weighted by atomic mass is 9.92. The van der Waals surface area contributed by atoms with Gasteiger partial charge in [-0.25, -0.2) is 4.68 Å². The van der Waals surface area contributed by atoms with Crippen LogP contribution in [-0.2, 0) is 6.42 Å². The first kappa shape index (κ1) is 20.3. The van der Waals surface area contributed by atoms with E-state index in [0.717, 1.165) is 36.5 Å². The summed E-state index contributed by atoms with van der Waals surface area (Å²) < 4.78 is 7.45. The van der Waals surface area contributed by atoms with Crippen molar-refractivity contribution in [3.8, 4) is 11.4 Å². The average molecular weight is 386 g/mol. The summed E-state index contributed by atoms with van der Waals surface area (Å²) in [5.41, 5.74) is 8.20. The fraction of sp³-hybridized carbons (Fsp3) is 0.571. The number of likely N-dealkylation sites (tertiary alicyclic amines) is 1. The van der Waals surface area contributed by atoms with E-state index in [1.165, 1.54) is 0 Å². The SMILES string of the molecule is CCc1c(C(=O)N2CCCC(C(C)N)C2)nnn1-c1ccc(OC(C)C)cc1. The molecule has 152 valence electrons. The van der Waals surface area contributed by atoms with Gasteiger partial charge in [-0.1, -0.05) is 12.1 Å². The molecule has 1 aromatic heterocycles. The number of rotatable bonds is 6. The summed E-state index contributed by atoms with van der Waals surface area (Å²) >= 11 is 0. The number of piperidine rings is 1. The molecule has 2 unspecified atom stereocenters. The molecule has 0 aliphatic carbocycles. The number of nitrogens with zero attached hydrogens (tertiary/aromatic N) is 4. The monoisotopic (exact) mass is 385 g/mol. The van der Waals surface area contributed by atoms with Gasteiger partial charge in [0.1, 0.15) is 5.75 Å². The number of carbonyl (C=O) groups excluding carboxylic acids is 1. The maximum atomic E-state index is 13.1. The minimum absolute atomic E-state index is 0.0480. The average Bonchev–Trinajstić information content (AvgIpc) is 3.11. The second-order valence-corrected chi connectivity index (χ2v) is 7.82. The van der Waals surface area contributed by atoms with Crippen molar-refractivity contribution in [1.82, 2.24) is 19.9 Å². The molecule has 0 spiro atoms. The fourth-order valence-electron chi connectivity index (χ4n) is 3.70. The molecular weight excluding hydrogens is 354 g/mol. The third-order valence-corrected chi connectivity index (χ3v) is 5.24. The Bertz CT molecular complexity index is 798. The normalized spacial score (nSPS) is 18.4. The molecule has 7 heteroatoms. The Morgan fingerprint density at radius 2 is 2.00 bits per heavy atom. The highest BCUT2D eigenvalue weighted by Gasteiger charge is 2.30. The number of carbonyl (C=O) groups is 1. The van der Waals surface area contributed by atoms with Crippen molar-refractivity contribution in [2.75, 3.05) is 13.1 Å². The van der Waals surface area contributed by atoms with Crippen molar-refractivity contribution in [3.05, 3.63) is 35.7 Å². The summed E-state index contributed by atoms with van der Waals surface area (Å²) in [4.78, 5) is 15.0. The minimum atomic E-state index is -0.0480. The molecule has 7 nitrogen and oxygen atoms in total. The third kappa shape index (κ3) is 4.35. The zero-order valence-electron chi connectivity index (χ0n) is 17.3. The van der Waals surface area contributed by atoms with Crippen LogP contribution in [0.5, 0.6) is 5.75 Å². The summed E-state index contributed by atoms with van der Waals surface area (Å²) in [7, 11) is 0. The van der Waals surface area contributed by atoms with Crippen LogP contribution in [0.25, 0.3) is 5.69 Å². The number of aromatic nitrogens is 3. The van der Waals surface area contributed by atoms with E-state index in [4.69, 9.17) is 10.5 Å². The van der Waals surface area contributed by atoms with Crippen LogP contribution in [0.4, 0.5) is 0 Å². The second kappa shape index (κ2) is 8.73. The molecule has 2 N–H and O–H groups in total. The van der Waals surface area contributed by atoms with Gasteiger partial charge in [-0.2, -0.15) is 0 Å². The molecule has 1 aliphatic heterocycles. The minimum Gasteiger partial charge on any atom is -0.491 e. The molecule has 1 aromatic carbocycles. The predicted octanol–water partition coefficient (Wildman–Crippen LogP) is 2.82. The highest BCUT2D eigenvalue weighted by atomic mass is 16.5. The molecular formula is C21H31N5O2. The molecule has 1 aliphatic rings. The van der Waals surface area contributed by atoms with E-state index in [9.17, 15) is 4.79 Å². The molecule has 0 radical (unpaired) electrons. The topological polar surface area (TPSA) is 86.3 Å². The van der Waals surface area contributed by atoms with Gasteiger partial charge in [-0.05, 0) is 70.2 Å². The molecule has 1 amide bonds. The summed E-state index contributed by atoms with van der Waals surface area (Å²) in [5.74, 6) is 1.10. The number of ether oxygens (including phenoxy) is 1. The van der Waals surface area contributed by atoms with Crippen LogP contribution in [0.2, 0.25) is 0 Å². The molecule has 0 saturated carbocycles. The smallest absolute Gasteiger partial charge is 0.276 e. The van der Waals surface area contributed by atoms with Gasteiger partial charge in [0.2, 0.25) is 0 Å². The second-order valence-electron chi connectivity index (χ2n) is 7.82. The summed E-state index contributed by atoms with van der Waals surface area (Å²) in [5, 5.41) is 8.51. The van der Waals surface area contributed by atoms with Crippen molar-refractivity contribution in [3.63, 3.8) is 0 Å². The van der Waals surface area contributed by atoms with Crippen LogP contribution in [0.1, 0.15) is 56.7 Å². The van der Waals surface area contributed by atoms with Gasteiger partial charge in [0.25, 0.3) is 5.91 Å². The van der Waals surface area contributed by atoms with E-state index in [0.29, 0.717) is 24.6 Å². The van der Waals surface area contributed by atoms with Gasteiger partial charge in [0.15, 0.2) is 5.69 Å². The van der Waals surface area contributed by atoms with Crippen LogP contribution in [0.15, 0.2) is 24.3 Å². The van der Waals surface area contributed by atoms with Crippen LogP contribution < -0.4 is 10.5 Å². The maximum absolute atomic E-state index is 13.1. The van der Waals surface area contributed by atoms with Crippen molar-refractivity contribution < 1.29 is 9.53 Å². The lowest BCUT2D eigenvalue weighted by molar-refractivity contribution is 0.0653.